The van der Waals surface area contributed by atoms with Crippen molar-refractivity contribution in [1.82, 2.24) is 9.97 Å². The van der Waals surface area contributed by atoms with Gasteiger partial charge in [-0.3, -0.25) is 0 Å². The first kappa shape index (κ1) is 14.3. The molecule has 4 nitrogen and oxygen atoms in total. The molecule has 0 atom stereocenters. The van der Waals surface area contributed by atoms with E-state index in [0.717, 1.165) is 36.1 Å². The van der Waals surface area contributed by atoms with E-state index in [9.17, 15) is 0 Å². The fourth-order valence-electron chi connectivity index (χ4n) is 2.69. The molecule has 0 saturated carbocycles. The number of aromatic nitrogens is 2. The van der Waals surface area contributed by atoms with Gasteiger partial charge in [-0.2, -0.15) is 0 Å². The van der Waals surface area contributed by atoms with Gasteiger partial charge in [-0.15, -0.1) is 0 Å². The molecule has 0 fully saturated rings. The SMILES string of the molecule is NCc1c(Cl)cccc1Oc1ncnc2c1CCCCC2. The van der Waals surface area contributed by atoms with Gasteiger partial charge in [0.05, 0.1) is 5.69 Å². The van der Waals surface area contributed by atoms with Gasteiger partial charge in [0.25, 0.3) is 0 Å². The number of halogens is 1. The summed E-state index contributed by atoms with van der Waals surface area (Å²) in [5, 5.41) is 0.621. The molecule has 1 aliphatic rings. The average molecular weight is 304 g/mol. The number of fused-ring (bicyclic) bond motifs is 1. The number of hydrogen-bond donors (Lipinski definition) is 1. The molecule has 1 heterocycles. The van der Waals surface area contributed by atoms with Crippen LogP contribution < -0.4 is 10.5 Å². The molecule has 1 aromatic carbocycles. The van der Waals surface area contributed by atoms with Crippen molar-refractivity contribution in [3.8, 4) is 11.6 Å². The Morgan fingerprint density at radius 1 is 1.14 bits per heavy atom. The highest BCUT2D eigenvalue weighted by Crippen LogP contribution is 2.33. The number of nitrogens with two attached hydrogens (primary N) is 1. The smallest absolute Gasteiger partial charge is 0.225 e. The minimum atomic E-state index is 0.336. The standard InChI is InChI=1S/C16H18ClN3O/c17-13-6-4-8-15(12(13)9-18)21-16-11-5-2-1-3-7-14(11)19-10-20-16/h4,6,8,10H,1-3,5,7,9,18H2. The lowest BCUT2D eigenvalue weighted by Gasteiger charge is -2.14. The Morgan fingerprint density at radius 2 is 2.00 bits per heavy atom. The summed E-state index contributed by atoms with van der Waals surface area (Å²) in [6.07, 6.45) is 7.08. The molecule has 0 saturated heterocycles. The molecular formula is C16H18ClN3O. The lowest BCUT2D eigenvalue weighted by Crippen LogP contribution is -2.04. The van der Waals surface area contributed by atoms with Crippen LogP contribution in [0.5, 0.6) is 11.6 Å². The van der Waals surface area contributed by atoms with Crippen LogP contribution in [0.15, 0.2) is 24.5 Å². The summed E-state index contributed by atoms with van der Waals surface area (Å²) >= 11 is 6.17. The maximum Gasteiger partial charge on any atom is 0.225 e. The van der Waals surface area contributed by atoms with E-state index in [1.165, 1.54) is 12.8 Å². The number of nitrogens with zero attached hydrogens (tertiary/aromatic N) is 2. The third-order valence-electron chi connectivity index (χ3n) is 3.82. The van der Waals surface area contributed by atoms with Crippen molar-refractivity contribution in [2.24, 2.45) is 5.73 Å². The molecule has 0 radical (unpaired) electrons. The Labute approximate surface area is 129 Å². The van der Waals surface area contributed by atoms with E-state index in [1.807, 2.05) is 18.2 Å². The second-order valence-electron chi connectivity index (χ2n) is 5.19. The highest BCUT2D eigenvalue weighted by atomic mass is 35.5. The highest BCUT2D eigenvalue weighted by molar-refractivity contribution is 6.31. The predicted molar refractivity (Wildman–Crippen MR) is 82.7 cm³/mol. The fourth-order valence-corrected chi connectivity index (χ4v) is 2.94. The van der Waals surface area contributed by atoms with E-state index in [-0.39, 0.29) is 0 Å². The topological polar surface area (TPSA) is 61.0 Å². The number of rotatable bonds is 3. The van der Waals surface area contributed by atoms with Crippen molar-refractivity contribution < 1.29 is 4.74 Å². The summed E-state index contributed by atoms with van der Waals surface area (Å²) in [5.41, 5.74) is 8.80. The fraction of sp³-hybridized carbons (Fsp3) is 0.375. The summed E-state index contributed by atoms with van der Waals surface area (Å²) < 4.78 is 6.02. The van der Waals surface area contributed by atoms with Gasteiger partial charge in [0.15, 0.2) is 0 Å². The molecule has 21 heavy (non-hydrogen) atoms. The van der Waals surface area contributed by atoms with Gasteiger partial charge in [-0.1, -0.05) is 24.1 Å². The third-order valence-corrected chi connectivity index (χ3v) is 4.18. The van der Waals surface area contributed by atoms with E-state index in [0.29, 0.717) is 23.2 Å². The molecule has 1 aliphatic carbocycles. The van der Waals surface area contributed by atoms with Crippen LogP contribution in [-0.4, -0.2) is 9.97 Å². The highest BCUT2D eigenvalue weighted by Gasteiger charge is 2.17. The largest absolute Gasteiger partial charge is 0.438 e. The van der Waals surface area contributed by atoms with Crippen molar-refractivity contribution in [2.75, 3.05) is 0 Å². The average Bonchev–Trinajstić information content (AvgIpc) is 2.74. The Bertz CT molecular complexity index is 645. The minimum absolute atomic E-state index is 0.336. The van der Waals surface area contributed by atoms with Crippen LogP contribution in [0, 0.1) is 0 Å². The molecule has 3 rings (SSSR count). The van der Waals surface area contributed by atoms with Crippen molar-refractivity contribution in [1.29, 1.82) is 0 Å². The number of benzene rings is 1. The molecule has 0 aliphatic heterocycles. The second kappa shape index (κ2) is 6.41. The zero-order chi connectivity index (χ0) is 14.7. The van der Waals surface area contributed by atoms with Crippen molar-refractivity contribution >= 4 is 11.6 Å². The Balaban J connectivity index is 1.97. The molecular weight excluding hydrogens is 286 g/mol. The normalized spacial score (nSPS) is 14.4. The summed E-state index contributed by atoms with van der Waals surface area (Å²) in [6.45, 7) is 0.336. The maximum absolute atomic E-state index is 6.17. The summed E-state index contributed by atoms with van der Waals surface area (Å²) in [6, 6.07) is 5.55. The molecule has 2 N–H and O–H groups in total. The Morgan fingerprint density at radius 3 is 2.86 bits per heavy atom. The van der Waals surface area contributed by atoms with Gasteiger partial charge in [-0.25, -0.2) is 9.97 Å². The molecule has 110 valence electrons. The van der Waals surface area contributed by atoms with Gasteiger partial charge in [0.2, 0.25) is 5.88 Å². The first-order valence-corrected chi connectivity index (χ1v) is 7.65. The van der Waals surface area contributed by atoms with Crippen LogP contribution in [0.2, 0.25) is 5.02 Å². The second-order valence-corrected chi connectivity index (χ2v) is 5.59. The molecule has 5 heteroatoms. The van der Waals surface area contributed by atoms with Crippen LogP contribution >= 0.6 is 11.6 Å². The van der Waals surface area contributed by atoms with Gasteiger partial charge in [0.1, 0.15) is 12.1 Å². The number of hydrogen-bond acceptors (Lipinski definition) is 4. The molecule has 1 aromatic heterocycles. The van der Waals surface area contributed by atoms with E-state index in [2.05, 4.69) is 9.97 Å². The zero-order valence-electron chi connectivity index (χ0n) is 11.8. The van der Waals surface area contributed by atoms with Gasteiger partial charge < -0.3 is 10.5 Å². The molecule has 2 aromatic rings. The Kier molecular flexibility index (Phi) is 4.36. The first-order chi connectivity index (χ1) is 10.3. The van der Waals surface area contributed by atoms with E-state index >= 15 is 0 Å². The quantitative estimate of drug-likeness (QED) is 0.879. The van der Waals surface area contributed by atoms with E-state index in [1.54, 1.807) is 6.33 Å². The lowest BCUT2D eigenvalue weighted by atomic mass is 10.1. The van der Waals surface area contributed by atoms with E-state index < -0.39 is 0 Å². The van der Waals surface area contributed by atoms with Crippen LogP contribution in [0.1, 0.15) is 36.1 Å². The van der Waals surface area contributed by atoms with Crippen LogP contribution in [0.4, 0.5) is 0 Å². The molecule has 0 bridgehead atoms. The van der Waals surface area contributed by atoms with Gasteiger partial charge in [0, 0.05) is 22.7 Å². The van der Waals surface area contributed by atoms with Crippen molar-refractivity contribution in [3.63, 3.8) is 0 Å². The third kappa shape index (κ3) is 3.01. The van der Waals surface area contributed by atoms with E-state index in [4.69, 9.17) is 22.1 Å². The summed E-state index contributed by atoms with van der Waals surface area (Å²) in [4.78, 5) is 8.72. The Hall–Kier alpha value is -1.65. The molecule has 0 amide bonds. The molecule has 0 unspecified atom stereocenters. The summed E-state index contributed by atoms with van der Waals surface area (Å²) in [5.74, 6) is 1.31. The minimum Gasteiger partial charge on any atom is -0.438 e. The van der Waals surface area contributed by atoms with Crippen LogP contribution in [-0.2, 0) is 19.4 Å². The maximum atomic E-state index is 6.17. The van der Waals surface area contributed by atoms with Crippen molar-refractivity contribution in [2.45, 2.75) is 38.6 Å². The molecule has 0 spiro atoms. The number of ether oxygens (including phenoxy) is 1. The number of aryl methyl sites for hydroxylation is 1. The summed E-state index contributed by atoms with van der Waals surface area (Å²) in [7, 11) is 0. The monoisotopic (exact) mass is 303 g/mol. The van der Waals surface area contributed by atoms with Crippen LogP contribution in [0.25, 0.3) is 0 Å². The van der Waals surface area contributed by atoms with Crippen LogP contribution in [0.3, 0.4) is 0 Å². The lowest BCUT2D eigenvalue weighted by molar-refractivity contribution is 0.447. The zero-order valence-corrected chi connectivity index (χ0v) is 12.6. The first-order valence-electron chi connectivity index (χ1n) is 7.27. The van der Waals surface area contributed by atoms with Crippen molar-refractivity contribution in [3.05, 3.63) is 46.4 Å². The van der Waals surface area contributed by atoms with Gasteiger partial charge in [-0.05, 0) is 37.8 Å². The van der Waals surface area contributed by atoms with Gasteiger partial charge >= 0.3 is 0 Å². The predicted octanol–water partition coefficient (Wildman–Crippen LogP) is 3.65.